The minimum Gasteiger partial charge on any atom is -0.455 e. The van der Waals surface area contributed by atoms with Crippen molar-refractivity contribution in [3.8, 4) is 0 Å². The van der Waals surface area contributed by atoms with Gasteiger partial charge >= 0.3 is 5.97 Å². The van der Waals surface area contributed by atoms with Crippen LogP contribution in [0.25, 0.3) is 0 Å². The molecule has 0 aromatic rings. The average Bonchev–Trinajstić information content (AvgIpc) is 2.96. The van der Waals surface area contributed by atoms with Crippen LogP contribution in [0, 0.1) is 0 Å². The van der Waals surface area contributed by atoms with E-state index in [9.17, 15) is 13.8 Å². The lowest BCUT2D eigenvalue weighted by Crippen LogP contribution is -2.06. The van der Waals surface area contributed by atoms with Crippen LogP contribution in [0.5, 0.6) is 0 Å². The summed E-state index contributed by atoms with van der Waals surface area (Å²) in [6.45, 7) is 0.548. The maximum atomic E-state index is 12.1. The first kappa shape index (κ1) is 43.3. The molecule has 0 fully saturated rings. The summed E-state index contributed by atoms with van der Waals surface area (Å²) >= 11 is 14.6. The zero-order chi connectivity index (χ0) is 30.1. The van der Waals surface area contributed by atoms with E-state index in [2.05, 4.69) is 0 Å². The second kappa shape index (κ2) is 36.7. The number of carbonyl (C=O) groups excluding carboxylic acids is 2. The van der Waals surface area contributed by atoms with Crippen molar-refractivity contribution >= 4 is 128 Å². The van der Waals surface area contributed by atoms with Crippen LogP contribution < -0.4 is 0 Å². The van der Waals surface area contributed by atoms with Gasteiger partial charge in [-0.1, -0.05) is 23.5 Å². The predicted octanol–water partition coefficient (Wildman–Crippen LogP) is 5.60. The minimum absolute atomic E-state index is 0.0307. The molecule has 2 N–H and O–H groups in total. The van der Waals surface area contributed by atoms with Gasteiger partial charge in [-0.2, -0.15) is 70.6 Å². The third-order valence-electron chi connectivity index (χ3n) is 4.22. The van der Waals surface area contributed by atoms with Crippen LogP contribution in [-0.4, -0.2) is 123 Å². The van der Waals surface area contributed by atoms with Crippen molar-refractivity contribution in [2.45, 2.75) is 25.7 Å². The van der Waals surface area contributed by atoms with Crippen molar-refractivity contribution in [2.24, 2.45) is 0 Å². The van der Waals surface area contributed by atoms with Gasteiger partial charge in [-0.15, -0.1) is 11.8 Å². The number of esters is 1. The topological polar surface area (TPSA) is 119 Å². The van der Waals surface area contributed by atoms with Crippen LogP contribution in [0.3, 0.4) is 0 Å². The van der Waals surface area contributed by atoms with Gasteiger partial charge in [-0.25, -0.2) is 9.78 Å². The normalized spacial score (nSPS) is 12.0. The van der Waals surface area contributed by atoms with Gasteiger partial charge in [-0.3, -0.25) is 13.8 Å². The van der Waals surface area contributed by atoms with Gasteiger partial charge in [0.25, 0.3) is 0 Å². The summed E-state index contributed by atoms with van der Waals surface area (Å²) in [5, 5.41) is 20.3. The number of hydrogen-bond donors (Lipinski definition) is 2. The van der Waals surface area contributed by atoms with Gasteiger partial charge in [0.15, 0.2) is 5.12 Å². The van der Waals surface area contributed by atoms with Crippen molar-refractivity contribution in [1.29, 1.82) is 0 Å². The van der Waals surface area contributed by atoms with Gasteiger partial charge in [0.2, 0.25) is 0 Å². The molecule has 8 nitrogen and oxygen atoms in total. The zero-order valence-electron chi connectivity index (χ0n) is 23.3. The molecule has 41 heavy (non-hydrogen) atoms. The van der Waals surface area contributed by atoms with E-state index in [0.29, 0.717) is 25.4 Å². The third-order valence-corrected chi connectivity index (χ3v) is 15.1. The Labute approximate surface area is 286 Å². The summed E-state index contributed by atoms with van der Waals surface area (Å²) in [5.41, 5.74) is 0. The predicted molar refractivity (Wildman–Crippen MR) is 195 cm³/mol. The van der Waals surface area contributed by atoms with Crippen molar-refractivity contribution in [1.82, 2.24) is 0 Å². The van der Waals surface area contributed by atoms with E-state index in [1.165, 1.54) is 23.5 Å². The molecule has 0 aromatic carbocycles. The lowest BCUT2D eigenvalue weighted by atomic mass is 10.5. The summed E-state index contributed by atoms with van der Waals surface area (Å²) in [6, 6.07) is 0. The summed E-state index contributed by atoms with van der Waals surface area (Å²) < 4.78 is 17.1. The highest BCUT2D eigenvalue weighted by atomic mass is 32.2. The van der Waals surface area contributed by atoms with E-state index in [1.54, 1.807) is 23.5 Å². The molecule has 0 bridgehead atoms. The molecular weight excluding hydrogens is 725 g/mol. The number of thioether (sulfide) groups is 9. The summed E-state index contributed by atoms with van der Waals surface area (Å²) in [6.07, 6.45) is 2.85. The fourth-order valence-corrected chi connectivity index (χ4v) is 11.8. The first-order chi connectivity index (χ1) is 20.1. The van der Waals surface area contributed by atoms with E-state index in [1.807, 2.05) is 47.0 Å². The molecule has 0 aliphatic carbocycles. The first-order valence-electron chi connectivity index (χ1n) is 12.8. The van der Waals surface area contributed by atoms with Crippen LogP contribution in [0.15, 0.2) is 0 Å². The lowest BCUT2D eigenvalue weighted by Gasteiger charge is -2.05. The van der Waals surface area contributed by atoms with Crippen molar-refractivity contribution in [3.63, 3.8) is 0 Å². The van der Waals surface area contributed by atoms with Gasteiger partial charge < -0.3 is 14.9 Å². The molecule has 0 aliphatic heterocycles. The summed E-state index contributed by atoms with van der Waals surface area (Å²) in [7, 11) is -0.765. The lowest BCUT2D eigenvalue weighted by molar-refractivity contribution is -0.278. The van der Waals surface area contributed by atoms with Gasteiger partial charge in [-0.05, 0) is 24.3 Å². The Bertz CT molecular complexity index is 625. The Morgan fingerprint density at radius 2 is 1.22 bits per heavy atom. The molecule has 0 amide bonds. The molecule has 244 valence electrons. The van der Waals surface area contributed by atoms with Crippen molar-refractivity contribution < 1.29 is 38.5 Å². The highest BCUT2D eigenvalue weighted by Gasteiger charge is 2.05. The molecule has 0 saturated heterocycles. The van der Waals surface area contributed by atoms with E-state index >= 15 is 0 Å². The largest absolute Gasteiger partial charge is 0.455 e. The Hall–Kier alpha value is 2.28. The number of hydrogen-bond acceptors (Lipinski definition) is 17. The molecule has 0 spiro atoms. The first-order valence-corrected chi connectivity index (χ1v) is 24.6. The monoisotopic (exact) mass is 768 g/mol. The standard InChI is InChI=1S/C23H44O8S10/c24-15-38-17-29-22(26)3-8-34-20-33-7-2-13-41(28)14-12-37-21-36-10-11-40-23(27)4-9-35-19-32-6-1-5-30-31-18-39-16-25/h24-25H,1-21H2. The number of carbonyl (C=O) groups is 2. The van der Waals surface area contributed by atoms with Crippen LogP contribution in [-0.2, 0) is 34.9 Å². The molecule has 1 unspecified atom stereocenters. The van der Waals surface area contributed by atoms with Crippen molar-refractivity contribution in [3.05, 3.63) is 0 Å². The quantitative estimate of drug-likeness (QED) is 0.0283. The third kappa shape index (κ3) is 36.6. The molecule has 18 heteroatoms. The Morgan fingerprint density at radius 3 is 1.95 bits per heavy atom. The van der Waals surface area contributed by atoms with Crippen molar-refractivity contribution in [2.75, 3.05) is 97.4 Å². The Morgan fingerprint density at radius 1 is 0.610 bits per heavy atom. The number of rotatable bonds is 33. The Balaban J connectivity index is 3.30. The van der Waals surface area contributed by atoms with E-state index in [-0.39, 0.29) is 28.9 Å². The molecule has 0 rings (SSSR count). The highest BCUT2D eigenvalue weighted by Crippen LogP contribution is 2.19. The Kier molecular flexibility index (Phi) is 38.8. The van der Waals surface area contributed by atoms with Gasteiger partial charge in [0.1, 0.15) is 11.9 Å². The van der Waals surface area contributed by atoms with Crippen LogP contribution >= 0.6 is 106 Å². The smallest absolute Gasteiger partial charge is 0.307 e. The summed E-state index contributed by atoms with van der Waals surface area (Å²) in [4.78, 5) is 33.3. The van der Waals surface area contributed by atoms with E-state index in [0.717, 1.165) is 91.6 Å². The average molecular weight is 769 g/mol. The zero-order valence-corrected chi connectivity index (χ0v) is 31.4. The second-order valence-corrected chi connectivity index (χ2v) is 19.8. The maximum absolute atomic E-state index is 12.1. The van der Waals surface area contributed by atoms with Crippen LogP contribution in [0.4, 0.5) is 0 Å². The minimum atomic E-state index is -0.765. The SMILES string of the molecule is O=C(CCSCSCCCS(=O)CCSCSCCSC(=O)CCSCSCCCOOCSCO)OCSCO. The molecule has 0 aliphatic rings. The molecule has 0 radical (unpaired) electrons. The number of ether oxygens (including phenoxy) is 1. The fourth-order valence-electron chi connectivity index (χ4n) is 2.30. The van der Waals surface area contributed by atoms with Crippen LogP contribution in [0.2, 0.25) is 0 Å². The molecular formula is C23H44O8S10. The molecule has 1 atom stereocenters. The fraction of sp³-hybridized carbons (Fsp3) is 0.913. The van der Waals surface area contributed by atoms with Crippen LogP contribution in [0.1, 0.15) is 25.7 Å². The van der Waals surface area contributed by atoms with Gasteiger partial charge in [0.05, 0.1) is 24.9 Å². The second-order valence-electron chi connectivity index (χ2n) is 7.44. The number of aliphatic hydroxyl groups is 2. The molecule has 0 heterocycles. The molecule has 0 aromatic heterocycles. The summed E-state index contributed by atoms with van der Waals surface area (Å²) in [5.74, 6) is 8.05. The van der Waals surface area contributed by atoms with Gasteiger partial charge in [0, 0.05) is 72.7 Å². The van der Waals surface area contributed by atoms with E-state index < -0.39 is 10.8 Å². The van der Waals surface area contributed by atoms with E-state index in [4.69, 9.17) is 24.7 Å². The molecule has 0 saturated carbocycles. The highest BCUT2D eigenvalue weighted by molar-refractivity contribution is 8.18. The number of aliphatic hydroxyl groups excluding tert-OH is 2. The maximum Gasteiger partial charge on any atom is 0.307 e.